The number of ether oxygens (including phenoxy) is 1. The van der Waals surface area contributed by atoms with Crippen LogP contribution in [0.25, 0.3) is 0 Å². The van der Waals surface area contributed by atoms with Gasteiger partial charge in [0.25, 0.3) is 0 Å². The largest absolute Gasteiger partial charge is 0.481 e. The van der Waals surface area contributed by atoms with Gasteiger partial charge in [0.15, 0.2) is 0 Å². The molecule has 0 aliphatic carbocycles. The Hall–Kier alpha value is -0.710. The van der Waals surface area contributed by atoms with E-state index in [2.05, 4.69) is 4.74 Å². The fourth-order valence-corrected chi connectivity index (χ4v) is 0.457. The van der Waals surface area contributed by atoms with Crippen molar-refractivity contribution in [1.82, 2.24) is 0 Å². The highest BCUT2D eigenvalue weighted by Crippen LogP contribution is 2.04. The van der Waals surface area contributed by atoms with Crippen LogP contribution in [0.4, 0.5) is 8.78 Å². The lowest BCUT2D eigenvalue weighted by Gasteiger charge is -2.05. The number of hydrogen-bond donors (Lipinski definition) is 1. The predicted molar refractivity (Wildman–Crippen MR) is 33.4 cm³/mol. The first-order valence-electron chi connectivity index (χ1n) is 3.16. The van der Waals surface area contributed by atoms with E-state index in [4.69, 9.17) is 5.11 Å². The molecule has 0 amide bonds. The number of alkyl halides is 2. The van der Waals surface area contributed by atoms with Crippen LogP contribution in [0, 0.1) is 5.92 Å². The van der Waals surface area contributed by atoms with Gasteiger partial charge in [-0.05, 0) is 6.42 Å². The maximum absolute atomic E-state index is 11.3. The summed E-state index contributed by atoms with van der Waals surface area (Å²) >= 11 is 0. The Labute approximate surface area is 63.0 Å². The molecule has 0 bridgehead atoms. The van der Waals surface area contributed by atoms with Crippen molar-refractivity contribution in [3.8, 4) is 0 Å². The molecule has 5 heteroatoms. The van der Waals surface area contributed by atoms with Crippen molar-refractivity contribution in [2.45, 2.75) is 20.0 Å². The van der Waals surface area contributed by atoms with Crippen LogP contribution < -0.4 is 0 Å². The van der Waals surface area contributed by atoms with Crippen LogP contribution in [0.2, 0.25) is 0 Å². The minimum absolute atomic E-state index is 0.111. The van der Waals surface area contributed by atoms with Crippen molar-refractivity contribution in [3.05, 3.63) is 0 Å². The molecule has 1 N–H and O–H groups in total. The van der Waals surface area contributed by atoms with E-state index in [0.29, 0.717) is 0 Å². The fraction of sp³-hybridized carbons (Fsp3) is 0.833. The molecular formula is C6H10F2O3. The van der Waals surface area contributed by atoms with E-state index >= 15 is 0 Å². The summed E-state index contributed by atoms with van der Waals surface area (Å²) in [6, 6.07) is 0. The third kappa shape index (κ3) is 5.72. The van der Waals surface area contributed by atoms with E-state index in [9.17, 15) is 13.6 Å². The Morgan fingerprint density at radius 2 is 2.18 bits per heavy atom. The van der Waals surface area contributed by atoms with Crippen molar-refractivity contribution < 1.29 is 23.4 Å². The van der Waals surface area contributed by atoms with Crippen molar-refractivity contribution >= 4 is 5.97 Å². The number of carboxylic acid groups (broad SMARTS) is 1. The van der Waals surface area contributed by atoms with Crippen molar-refractivity contribution in [3.63, 3.8) is 0 Å². The SMILES string of the molecule is CC(CCOC(F)F)C(=O)O. The van der Waals surface area contributed by atoms with E-state index in [1.807, 2.05) is 0 Å². The zero-order valence-electron chi connectivity index (χ0n) is 6.09. The normalized spacial score (nSPS) is 13.5. The van der Waals surface area contributed by atoms with Crippen LogP contribution in [0.5, 0.6) is 0 Å². The molecule has 11 heavy (non-hydrogen) atoms. The monoisotopic (exact) mass is 168 g/mol. The zero-order chi connectivity index (χ0) is 8.85. The highest BCUT2D eigenvalue weighted by molar-refractivity contribution is 5.69. The molecule has 3 nitrogen and oxygen atoms in total. The summed E-state index contributed by atoms with van der Waals surface area (Å²) in [6.07, 6.45) is 0.111. The Balaban J connectivity index is 3.31. The fourth-order valence-electron chi connectivity index (χ4n) is 0.457. The van der Waals surface area contributed by atoms with Gasteiger partial charge in [0, 0.05) is 0 Å². The Morgan fingerprint density at radius 3 is 2.55 bits per heavy atom. The second-order valence-corrected chi connectivity index (χ2v) is 2.16. The molecule has 0 saturated carbocycles. The zero-order valence-corrected chi connectivity index (χ0v) is 6.09. The van der Waals surface area contributed by atoms with E-state index < -0.39 is 18.5 Å². The Bertz CT molecular complexity index is 127. The highest BCUT2D eigenvalue weighted by atomic mass is 19.3. The van der Waals surface area contributed by atoms with Crippen LogP contribution in [-0.4, -0.2) is 24.3 Å². The second kappa shape index (κ2) is 5.01. The van der Waals surface area contributed by atoms with Gasteiger partial charge in [-0.2, -0.15) is 8.78 Å². The smallest absolute Gasteiger partial charge is 0.345 e. The maximum atomic E-state index is 11.3. The third-order valence-electron chi connectivity index (χ3n) is 1.22. The van der Waals surface area contributed by atoms with Gasteiger partial charge in [-0.3, -0.25) is 4.79 Å². The minimum Gasteiger partial charge on any atom is -0.481 e. The first-order valence-corrected chi connectivity index (χ1v) is 3.16. The van der Waals surface area contributed by atoms with Crippen LogP contribution in [0.15, 0.2) is 0 Å². The van der Waals surface area contributed by atoms with Gasteiger partial charge in [0.1, 0.15) is 0 Å². The van der Waals surface area contributed by atoms with Gasteiger partial charge in [-0.1, -0.05) is 6.92 Å². The van der Waals surface area contributed by atoms with E-state index in [1.165, 1.54) is 6.92 Å². The molecule has 0 aromatic carbocycles. The molecule has 1 unspecified atom stereocenters. The average molecular weight is 168 g/mol. The van der Waals surface area contributed by atoms with Gasteiger partial charge < -0.3 is 9.84 Å². The lowest BCUT2D eigenvalue weighted by Crippen LogP contribution is -2.13. The lowest BCUT2D eigenvalue weighted by atomic mass is 10.1. The average Bonchev–Trinajstić information content (AvgIpc) is 1.86. The van der Waals surface area contributed by atoms with E-state index in [1.54, 1.807) is 0 Å². The van der Waals surface area contributed by atoms with E-state index in [0.717, 1.165) is 0 Å². The summed E-state index contributed by atoms with van der Waals surface area (Å²) in [5.74, 6) is -1.63. The summed E-state index contributed by atoms with van der Waals surface area (Å²) in [5.41, 5.74) is 0. The van der Waals surface area contributed by atoms with Crippen LogP contribution >= 0.6 is 0 Å². The molecule has 0 spiro atoms. The summed E-state index contributed by atoms with van der Waals surface area (Å²) in [7, 11) is 0. The molecular weight excluding hydrogens is 158 g/mol. The lowest BCUT2D eigenvalue weighted by molar-refractivity contribution is -0.147. The van der Waals surface area contributed by atoms with Crippen LogP contribution in [-0.2, 0) is 9.53 Å². The number of aliphatic carboxylic acids is 1. The van der Waals surface area contributed by atoms with E-state index in [-0.39, 0.29) is 13.0 Å². The third-order valence-corrected chi connectivity index (χ3v) is 1.22. The highest BCUT2D eigenvalue weighted by Gasteiger charge is 2.11. The first-order chi connectivity index (χ1) is 5.04. The first kappa shape index (κ1) is 10.3. The molecule has 0 aromatic rings. The number of carbonyl (C=O) groups is 1. The Morgan fingerprint density at radius 1 is 1.64 bits per heavy atom. The molecule has 0 saturated heterocycles. The maximum Gasteiger partial charge on any atom is 0.345 e. The van der Waals surface area contributed by atoms with Crippen LogP contribution in [0.1, 0.15) is 13.3 Å². The summed E-state index contributed by atoms with van der Waals surface area (Å²) in [5, 5.41) is 8.30. The van der Waals surface area contributed by atoms with Crippen molar-refractivity contribution in [2.24, 2.45) is 5.92 Å². The van der Waals surface area contributed by atoms with Gasteiger partial charge in [0.05, 0.1) is 12.5 Å². The van der Waals surface area contributed by atoms with Gasteiger partial charge in [0.2, 0.25) is 0 Å². The molecule has 0 aliphatic heterocycles. The molecule has 0 radical (unpaired) electrons. The molecule has 66 valence electrons. The molecule has 0 heterocycles. The molecule has 0 rings (SSSR count). The molecule has 0 fully saturated rings. The number of carboxylic acids is 1. The van der Waals surface area contributed by atoms with Crippen molar-refractivity contribution in [2.75, 3.05) is 6.61 Å². The molecule has 0 aromatic heterocycles. The number of rotatable bonds is 5. The Kier molecular flexibility index (Phi) is 4.69. The van der Waals surface area contributed by atoms with Gasteiger partial charge in [-0.15, -0.1) is 0 Å². The van der Waals surface area contributed by atoms with Gasteiger partial charge >= 0.3 is 12.6 Å². The van der Waals surface area contributed by atoms with Crippen molar-refractivity contribution in [1.29, 1.82) is 0 Å². The molecule has 1 atom stereocenters. The number of halogens is 2. The second-order valence-electron chi connectivity index (χ2n) is 2.16. The predicted octanol–water partition coefficient (Wildman–Crippen LogP) is 1.34. The summed E-state index contributed by atoms with van der Waals surface area (Å²) < 4.78 is 26.5. The molecule has 0 aliphatic rings. The van der Waals surface area contributed by atoms with Crippen LogP contribution in [0.3, 0.4) is 0 Å². The minimum atomic E-state index is -2.81. The summed E-state index contributed by atoms with van der Waals surface area (Å²) in [4.78, 5) is 10.1. The van der Waals surface area contributed by atoms with Gasteiger partial charge in [-0.25, -0.2) is 0 Å². The standard InChI is InChI=1S/C6H10F2O3/c1-4(5(9)10)2-3-11-6(7)8/h4,6H,2-3H2,1H3,(H,9,10). The topological polar surface area (TPSA) is 46.5 Å². The number of hydrogen-bond acceptors (Lipinski definition) is 2. The quantitative estimate of drug-likeness (QED) is 0.673. The summed E-state index contributed by atoms with van der Waals surface area (Å²) in [6.45, 7) is -1.58.